The van der Waals surface area contributed by atoms with E-state index in [4.69, 9.17) is 14.2 Å². The lowest BCUT2D eigenvalue weighted by atomic mass is 9.97. The molecular weight excluding hydrogens is 344 g/mol. The first kappa shape index (κ1) is 19.6. The number of nitrogens with zero attached hydrogens (tertiary/aromatic N) is 2. The van der Waals surface area contributed by atoms with Crippen LogP contribution >= 0.6 is 0 Å². The number of pyridine rings is 1. The summed E-state index contributed by atoms with van der Waals surface area (Å²) in [7, 11) is 3.25. The van der Waals surface area contributed by atoms with E-state index in [-0.39, 0.29) is 18.8 Å². The average molecular weight is 372 g/mol. The molecule has 0 aliphatic carbocycles. The van der Waals surface area contributed by atoms with Gasteiger partial charge in [0.1, 0.15) is 6.10 Å². The van der Waals surface area contributed by atoms with Crippen LogP contribution in [0.4, 0.5) is 0 Å². The number of methoxy groups -OCH3 is 2. The van der Waals surface area contributed by atoms with Crippen LogP contribution in [0.2, 0.25) is 0 Å². The molecule has 1 aliphatic rings. The van der Waals surface area contributed by atoms with E-state index >= 15 is 0 Å². The van der Waals surface area contributed by atoms with E-state index in [9.17, 15) is 5.11 Å². The highest BCUT2D eigenvalue weighted by Gasteiger charge is 2.34. The Morgan fingerprint density at radius 3 is 2.63 bits per heavy atom. The fourth-order valence-corrected chi connectivity index (χ4v) is 3.54. The number of aliphatic hydroxyl groups excluding tert-OH is 1. The molecule has 1 aromatic carbocycles. The zero-order chi connectivity index (χ0) is 19.2. The Morgan fingerprint density at radius 2 is 2.00 bits per heavy atom. The third kappa shape index (κ3) is 4.40. The van der Waals surface area contributed by atoms with Crippen LogP contribution in [0.5, 0.6) is 11.5 Å². The van der Waals surface area contributed by atoms with Gasteiger partial charge in [-0.3, -0.25) is 9.88 Å². The maximum Gasteiger partial charge on any atom is 0.161 e. The molecule has 0 radical (unpaired) electrons. The molecule has 0 bridgehead atoms. The predicted molar refractivity (Wildman–Crippen MR) is 103 cm³/mol. The fourth-order valence-electron chi connectivity index (χ4n) is 3.54. The predicted octanol–water partition coefficient (Wildman–Crippen LogP) is 2.60. The number of aliphatic hydroxyl groups is 1. The van der Waals surface area contributed by atoms with Crippen molar-refractivity contribution in [1.29, 1.82) is 0 Å². The molecule has 1 fully saturated rings. The highest BCUT2D eigenvalue weighted by atomic mass is 16.5. The molecule has 1 aromatic heterocycles. The van der Waals surface area contributed by atoms with E-state index in [2.05, 4.69) is 28.9 Å². The Bertz CT molecular complexity index is 735. The third-order valence-corrected chi connectivity index (χ3v) is 5.04. The number of aromatic nitrogens is 1. The fraction of sp³-hybridized carbons (Fsp3) is 0.476. The van der Waals surface area contributed by atoms with E-state index < -0.39 is 0 Å². The molecule has 1 saturated heterocycles. The second-order valence-corrected chi connectivity index (χ2v) is 6.63. The Morgan fingerprint density at radius 1 is 1.19 bits per heavy atom. The summed E-state index contributed by atoms with van der Waals surface area (Å²) in [5.41, 5.74) is 3.26. The van der Waals surface area contributed by atoms with E-state index in [0.717, 1.165) is 24.2 Å². The summed E-state index contributed by atoms with van der Waals surface area (Å²) in [6, 6.07) is 9.97. The molecule has 146 valence electrons. The minimum atomic E-state index is -0.299. The summed E-state index contributed by atoms with van der Waals surface area (Å²) in [6.45, 7) is 4.13. The van der Waals surface area contributed by atoms with Crippen molar-refractivity contribution in [3.63, 3.8) is 0 Å². The van der Waals surface area contributed by atoms with Gasteiger partial charge in [-0.2, -0.15) is 0 Å². The number of aryl methyl sites for hydroxylation is 1. The van der Waals surface area contributed by atoms with Gasteiger partial charge < -0.3 is 19.3 Å². The maximum absolute atomic E-state index is 9.88. The molecule has 2 atom stereocenters. The van der Waals surface area contributed by atoms with Crippen molar-refractivity contribution in [2.75, 3.05) is 34.0 Å². The van der Waals surface area contributed by atoms with Crippen LogP contribution < -0.4 is 9.47 Å². The van der Waals surface area contributed by atoms with Gasteiger partial charge >= 0.3 is 0 Å². The Hall–Kier alpha value is -2.15. The lowest BCUT2D eigenvalue weighted by Crippen LogP contribution is -2.46. The van der Waals surface area contributed by atoms with Crippen LogP contribution in [0.15, 0.2) is 36.5 Å². The minimum absolute atomic E-state index is 0.0439. The number of morpholine rings is 1. The monoisotopic (exact) mass is 372 g/mol. The average Bonchev–Trinajstić information content (AvgIpc) is 2.73. The van der Waals surface area contributed by atoms with Crippen LogP contribution in [-0.2, 0) is 17.7 Å². The van der Waals surface area contributed by atoms with E-state index in [0.29, 0.717) is 24.7 Å². The highest BCUT2D eigenvalue weighted by Crippen LogP contribution is 2.36. The van der Waals surface area contributed by atoms with E-state index in [1.807, 2.05) is 24.4 Å². The van der Waals surface area contributed by atoms with Crippen LogP contribution in [0, 0.1) is 0 Å². The number of ether oxygens (including phenoxy) is 3. The summed E-state index contributed by atoms with van der Waals surface area (Å²) in [4.78, 5) is 6.90. The molecule has 6 heteroatoms. The van der Waals surface area contributed by atoms with Crippen LogP contribution in [0.3, 0.4) is 0 Å². The molecule has 0 saturated carbocycles. The minimum Gasteiger partial charge on any atom is -0.493 e. The van der Waals surface area contributed by atoms with Gasteiger partial charge in [0.2, 0.25) is 0 Å². The standard InChI is InChI=1S/C21H28N2O4/c1-4-15-5-7-17(22-12-15)13-23-9-10-27-20(14-24)21(23)16-6-8-18(25-2)19(11-16)26-3/h5-8,11-12,20-21,24H,4,9-10,13-14H2,1-3H3/t20-,21-/m1/s1. The molecule has 27 heavy (non-hydrogen) atoms. The molecule has 2 heterocycles. The van der Waals surface area contributed by atoms with Crippen molar-refractivity contribution >= 4 is 0 Å². The topological polar surface area (TPSA) is 64.1 Å². The molecule has 0 amide bonds. The largest absolute Gasteiger partial charge is 0.493 e. The summed E-state index contributed by atoms with van der Waals surface area (Å²) >= 11 is 0. The van der Waals surface area contributed by atoms with Crippen molar-refractivity contribution in [2.24, 2.45) is 0 Å². The first-order valence-corrected chi connectivity index (χ1v) is 9.32. The third-order valence-electron chi connectivity index (χ3n) is 5.04. The van der Waals surface area contributed by atoms with Crippen molar-refractivity contribution in [2.45, 2.75) is 32.0 Å². The van der Waals surface area contributed by atoms with Crippen LogP contribution in [0.1, 0.15) is 29.8 Å². The molecule has 0 unspecified atom stereocenters. The van der Waals surface area contributed by atoms with Gasteiger partial charge in [-0.25, -0.2) is 0 Å². The normalized spacial score (nSPS) is 20.4. The second-order valence-electron chi connectivity index (χ2n) is 6.63. The zero-order valence-corrected chi connectivity index (χ0v) is 16.2. The number of rotatable bonds is 7. The van der Waals surface area contributed by atoms with Gasteiger partial charge in [-0.1, -0.05) is 19.1 Å². The van der Waals surface area contributed by atoms with E-state index in [1.165, 1.54) is 5.56 Å². The SMILES string of the molecule is CCc1ccc(CN2CCO[C@H](CO)[C@H]2c2ccc(OC)c(OC)c2)nc1. The summed E-state index contributed by atoms with van der Waals surface area (Å²) < 4.78 is 16.6. The van der Waals surface area contributed by atoms with E-state index in [1.54, 1.807) is 14.2 Å². The number of hydrogen-bond acceptors (Lipinski definition) is 6. The molecule has 2 aromatic rings. The maximum atomic E-state index is 9.88. The molecule has 6 nitrogen and oxygen atoms in total. The molecule has 1 aliphatic heterocycles. The molecule has 1 N–H and O–H groups in total. The zero-order valence-electron chi connectivity index (χ0n) is 16.2. The van der Waals surface area contributed by atoms with Gasteiger partial charge in [0.25, 0.3) is 0 Å². The smallest absolute Gasteiger partial charge is 0.161 e. The second kappa shape index (κ2) is 9.17. The molecule has 0 spiro atoms. The van der Waals surface area contributed by atoms with Gasteiger partial charge in [0, 0.05) is 19.3 Å². The summed E-state index contributed by atoms with van der Waals surface area (Å²) in [5, 5.41) is 9.88. The Labute approximate surface area is 160 Å². The first-order valence-electron chi connectivity index (χ1n) is 9.32. The number of benzene rings is 1. The van der Waals surface area contributed by atoms with Crippen molar-refractivity contribution in [3.05, 3.63) is 53.3 Å². The van der Waals surface area contributed by atoms with Gasteiger partial charge in [-0.15, -0.1) is 0 Å². The van der Waals surface area contributed by atoms with Crippen molar-refractivity contribution in [3.8, 4) is 11.5 Å². The van der Waals surface area contributed by atoms with Crippen molar-refractivity contribution in [1.82, 2.24) is 9.88 Å². The lowest BCUT2D eigenvalue weighted by molar-refractivity contribution is -0.0964. The molecular formula is C21H28N2O4. The Kier molecular flexibility index (Phi) is 6.66. The van der Waals surface area contributed by atoms with Crippen LogP contribution in [-0.4, -0.2) is 55.1 Å². The Balaban J connectivity index is 1.89. The molecule has 3 rings (SSSR count). The summed E-state index contributed by atoms with van der Waals surface area (Å²) in [5.74, 6) is 1.35. The quantitative estimate of drug-likeness (QED) is 0.806. The first-order chi connectivity index (χ1) is 13.2. The van der Waals surface area contributed by atoms with Gasteiger partial charge in [0.05, 0.1) is 39.2 Å². The summed E-state index contributed by atoms with van der Waals surface area (Å²) in [6.07, 6.45) is 2.61. The number of hydrogen-bond donors (Lipinski definition) is 1. The lowest BCUT2D eigenvalue weighted by Gasteiger charge is -2.40. The van der Waals surface area contributed by atoms with Gasteiger partial charge in [-0.05, 0) is 35.7 Å². The van der Waals surface area contributed by atoms with Crippen LogP contribution in [0.25, 0.3) is 0 Å². The van der Waals surface area contributed by atoms with Crippen molar-refractivity contribution < 1.29 is 19.3 Å². The highest BCUT2D eigenvalue weighted by molar-refractivity contribution is 5.44. The van der Waals surface area contributed by atoms with Gasteiger partial charge in [0.15, 0.2) is 11.5 Å².